The molecule has 1 heterocycles. The van der Waals surface area contributed by atoms with Crippen LogP contribution in [0, 0.1) is 25.2 Å². The van der Waals surface area contributed by atoms with Crippen LogP contribution >= 0.6 is 0 Å². The van der Waals surface area contributed by atoms with E-state index in [1.165, 1.54) is 0 Å². The fraction of sp³-hybridized carbons (Fsp3) is 0.250. The van der Waals surface area contributed by atoms with Crippen molar-refractivity contribution in [2.45, 2.75) is 13.8 Å². The van der Waals surface area contributed by atoms with Crippen LogP contribution in [-0.4, -0.2) is 4.98 Å². The molecule has 1 rings (SSSR count). The molecular formula is C8H8N2. The predicted octanol–water partition coefficient (Wildman–Crippen LogP) is 1.57. The van der Waals surface area contributed by atoms with Gasteiger partial charge in [0.2, 0.25) is 0 Å². The first kappa shape index (κ1) is 6.76. The summed E-state index contributed by atoms with van der Waals surface area (Å²) in [7, 11) is 0. The zero-order valence-electron chi connectivity index (χ0n) is 6.05. The van der Waals surface area contributed by atoms with Crippen molar-refractivity contribution in [3.63, 3.8) is 0 Å². The van der Waals surface area contributed by atoms with E-state index in [0.717, 1.165) is 11.3 Å². The molecule has 0 aromatic carbocycles. The minimum Gasteiger partial charge on any atom is -0.260 e. The van der Waals surface area contributed by atoms with Crippen LogP contribution in [0.3, 0.4) is 0 Å². The average Bonchev–Trinajstić information content (AvgIpc) is 1.88. The van der Waals surface area contributed by atoms with Crippen LogP contribution in [0.5, 0.6) is 0 Å². The van der Waals surface area contributed by atoms with Crippen LogP contribution in [-0.2, 0) is 0 Å². The number of rotatable bonds is 0. The van der Waals surface area contributed by atoms with E-state index in [9.17, 15) is 0 Å². The van der Waals surface area contributed by atoms with Crippen molar-refractivity contribution in [1.82, 2.24) is 4.98 Å². The van der Waals surface area contributed by atoms with E-state index < -0.39 is 0 Å². The van der Waals surface area contributed by atoms with E-state index in [0.29, 0.717) is 5.56 Å². The second-order valence-electron chi connectivity index (χ2n) is 2.20. The van der Waals surface area contributed by atoms with E-state index in [1.54, 1.807) is 6.20 Å². The van der Waals surface area contributed by atoms with Gasteiger partial charge in [-0.15, -0.1) is 0 Å². The fourth-order valence-corrected chi connectivity index (χ4v) is 0.863. The lowest BCUT2D eigenvalue weighted by molar-refractivity contribution is 1.15. The molecule has 2 nitrogen and oxygen atoms in total. The second-order valence-corrected chi connectivity index (χ2v) is 2.20. The Hall–Kier alpha value is -1.36. The molecule has 0 aliphatic heterocycles. The summed E-state index contributed by atoms with van der Waals surface area (Å²) in [5, 5.41) is 8.61. The summed E-state index contributed by atoms with van der Waals surface area (Å²) in [5.74, 6) is 0. The topological polar surface area (TPSA) is 36.7 Å². The number of nitriles is 1. The first-order chi connectivity index (χ1) is 4.75. The third-order valence-corrected chi connectivity index (χ3v) is 1.46. The molecule has 1 aromatic rings. The van der Waals surface area contributed by atoms with Gasteiger partial charge in [0.25, 0.3) is 0 Å². The molecule has 10 heavy (non-hydrogen) atoms. The van der Waals surface area contributed by atoms with Crippen molar-refractivity contribution >= 4 is 0 Å². The Bertz CT molecular complexity index is 264. The number of aromatic nitrogens is 1. The Labute approximate surface area is 60.1 Å². The summed E-state index contributed by atoms with van der Waals surface area (Å²) in [6, 6.07) is 3.94. The highest BCUT2D eigenvalue weighted by atomic mass is 14.7. The Morgan fingerprint density at radius 3 is 2.60 bits per heavy atom. The third-order valence-electron chi connectivity index (χ3n) is 1.46. The number of nitrogens with zero attached hydrogens (tertiary/aromatic N) is 2. The number of aryl methyl sites for hydroxylation is 2. The fourth-order valence-electron chi connectivity index (χ4n) is 0.863. The highest BCUT2D eigenvalue weighted by molar-refractivity contribution is 5.38. The molecule has 0 spiro atoms. The summed E-state index contributed by atoms with van der Waals surface area (Å²) >= 11 is 0. The maximum atomic E-state index is 8.61. The maximum absolute atomic E-state index is 8.61. The lowest BCUT2D eigenvalue weighted by Gasteiger charge is -1.97. The van der Waals surface area contributed by atoms with Crippen molar-refractivity contribution in [1.29, 1.82) is 5.26 Å². The van der Waals surface area contributed by atoms with E-state index in [1.807, 2.05) is 19.9 Å². The molecule has 0 radical (unpaired) electrons. The zero-order chi connectivity index (χ0) is 7.56. The van der Waals surface area contributed by atoms with Gasteiger partial charge in [-0.05, 0) is 25.5 Å². The third kappa shape index (κ3) is 0.985. The van der Waals surface area contributed by atoms with Gasteiger partial charge in [-0.2, -0.15) is 5.26 Å². The first-order valence-corrected chi connectivity index (χ1v) is 3.08. The normalized spacial score (nSPS) is 8.90. The Morgan fingerprint density at radius 1 is 1.50 bits per heavy atom. The van der Waals surface area contributed by atoms with Gasteiger partial charge in [0.15, 0.2) is 0 Å². The Balaban J connectivity index is 3.34. The quantitative estimate of drug-likeness (QED) is 0.537. The minimum atomic E-state index is 0.697. The second kappa shape index (κ2) is 2.49. The van der Waals surface area contributed by atoms with E-state index >= 15 is 0 Å². The Morgan fingerprint density at radius 2 is 2.20 bits per heavy atom. The predicted molar refractivity (Wildman–Crippen MR) is 38.4 cm³/mol. The molecule has 0 amide bonds. The molecule has 0 N–H and O–H groups in total. The van der Waals surface area contributed by atoms with Crippen molar-refractivity contribution < 1.29 is 0 Å². The van der Waals surface area contributed by atoms with Crippen molar-refractivity contribution in [3.05, 3.63) is 29.1 Å². The molecule has 0 saturated heterocycles. The number of hydrogen-bond acceptors (Lipinski definition) is 2. The van der Waals surface area contributed by atoms with Crippen molar-refractivity contribution in [2.75, 3.05) is 0 Å². The summed E-state index contributed by atoms with van der Waals surface area (Å²) in [5.41, 5.74) is 2.50. The lowest BCUT2D eigenvalue weighted by Crippen LogP contribution is -1.89. The summed E-state index contributed by atoms with van der Waals surface area (Å²) in [4.78, 5) is 3.99. The standard InChI is InChI=1S/C8H8N2/c1-6-3-4-10-7(2)8(6)5-9/h3-4H,1-2H3. The summed E-state index contributed by atoms with van der Waals surface area (Å²) < 4.78 is 0. The average molecular weight is 132 g/mol. The van der Waals surface area contributed by atoms with Gasteiger partial charge in [0.05, 0.1) is 11.3 Å². The molecule has 0 unspecified atom stereocenters. The highest BCUT2D eigenvalue weighted by Crippen LogP contribution is 2.07. The zero-order valence-corrected chi connectivity index (χ0v) is 6.05. The SMILES string of the molecule is Cc1ccnc(C)c1C#N. The smallest absolute Gasteiger partial charge is 0.101 e. The van der Waals surface area contributed by atoms with Gasteiger partial charge in [-0.25, -0.2) is 0 Å². The number of hydrogen-bond donors (Lipinski definition) is 0. The molecule has 0 saturated carbocycles. The molecule has 50 valence electrons. The van der Waals surface area contributed by atoms with Crippen molar-refractivity contribution in [3.8, 4) is 6.07 Å². The minimum absolute atomic E-state index is 0.697. The first-order valence-electron chi connectivity index (χ1n) is 3.08. The monoisotopic (exact) mass is 132 g/mol. The summed E-state index contributed by atoms with van der Waals surface area (Å²) in [6.45, 7) is 3.75. The van der Waals surface area contributed by atoms with Crippen LogP contribution in [0.4, 0.5) is 0 Å². The Kier molecular flexibility index (Phi) is 1.68. The van der Waals surface area contributed by atoms with Crippen LogP contribution < -0.4 is 0 Å². The van der Waals surface area contributed by atoms with Crippen LogP contribution in [0.15, 0.2) is 12.3 Å². The molecule has 2 heteroatoms. The van der Waals surface area contributed by atoms with Gasteiger partial charge in [-0.1, -0.05) is 0 Å². The van der Waals surface area contributed by atoms with Crippen LogP contribution in [0.2, 0.25) is 0 Å². The lowest BCUT2D eigenvalue weighted by atomic mass is 10.1. The molecule has 1 aromatic heterocycles. The van der Waals surface area contributed by atoms with Gasteiger partial charge >= 0.3 is 0 Å². The molecule has 0 fully saturated rings. The number of pyridine rings is 1. The molecule has 0 bridgehead atoms. The van der Waals surface area contributed by atoms with Crippen molar-refractivity contribution in [2.24, 2.45) is 0 Å². The van der Waals surface area contributed by atoms with E-state index in [-0.39, 0.29) is 0 Å². The largest absolute Gasteiger partial charge is 0.260 e. The van der Waals surface area contributed by atoms with Crippen LogP contribution in [0.25, 0.3) is 0 Å². The maximum Gasteiger partial charge on any atom is 0.101 e. The summed E-state index contributed by atoms with van der Waals surface area (Å²) in [6.07, 6.45) is 1.71. The molecule has 0 atom stereocenters. The van der Waals surface area contributed by atoms with Gasteiger partial charge in [0, 0.05) is 6.20 Å². The van der Waals surface area contributed by atoms with Gasteiger partial charge in [-0.3, -0.25) is 4.98 Å². The van der Waals surface area contributed by atoms with Crippen LogP contribution in [0.1, 0.15) is 16.8 Å². The molecular weight excluding hydrogens is 124 g/mol. The van der Waals surface area contributed by atoms with Gasteiger partial charge < -0.3 is 0 Å². The molecule has 0 aliphatic carbocycles. The van der Waals surface area contributed by atoms with Gasteiger partial charge in [0.1, 0.15) is 6.07 Å². The van der Waals surface area contributed by atoms with E-state index in [4.69, 9.17) is 5.26 Å². The van der Waals surface area contributed by atoms with E-state index in [2.05, 4.69) is 11.1 Å². The highest BCUT2D eigenvalue weighted by Gasteiger charge is 1.99. The molecule has 0 aliphatic rings.